The monoisotopic (exact) mass is 761 g/mol. The molecule has 13 unspecified atom stereocenters. The van der Waals surface area contributed by atoms with Crippen molar-refractivity contribution in [3.63, 3.8) is 0 Å². The molecule has 0 aromatic rings. The van der Waals surface area contributed by atoms with Gasteiger partial charge in [0.2, 0.25) is 5.91 Å². The van der Waals surface area contributed by atoms with Crippen LogP contribution in [0, 0.1) is 56.2 Å². The number of carboxylic acid groups (broad SMARTS) is 1. The second-order valence-electron chi connectivity index (χ2n) is 22.4. The maximum absolute atomic E-state index is 14.9. The number of ether oxygens (including phenoxy) is 1. The number of nitrogens with zero attached hydrogens (tertiary/aromatic N) is 2. The Morgan fingerprint density at radius 1 is 0.982 bits per heavy atom. The number of rotatable bonds is 9. The van der Waals surface area contributed by atoms with Crippen LogP contribution in [0.15, 0.2) is 17.1 Å². The molecule has 0 aromatic carbocycles. The fourth-order valence-corrected chi connectivity index (χ4v) is 15.4. The Hall–Kier alpha value is -2.26. The van der Waals surface area contributed by atoms with E-state index in [9.17, 15) is 19.5 Å². The number of hydrogen-bond donors (Lipinski definition) is 3. The van der Waals surface area contributed by atoms with Crippen molar-refractivity contribution in [2.75, 3.05) is 13.1 Å². The van der Waals surface area contributed by atoms with Gasteiger partial charge in [0.1, 0.15) is 11.6 Å². The van der Waals surface area contributed by atoms with E-state index >= 15 is 0 Å². The molecule has 8 aliphatic rings. The predicted molar refractivity (Wildman–Crippen MR) is 215 cm³/mol. The van der Waals surface area contributed by atoms with E-state index in [-0.39, 0.29) is 45.6 Å². The van der Waals surface area contributed by atoms with Crippen LogP contribution in [-0.2, 0) is 19.1 Å². The van der Waals surface area contributed by atoms with Gasteiger partial charge in [-0.05, 0) is 147 Å². The molecule has 9 heteroatoms. The smallest absolute Gasteiger partial charge is 0.309 e. The molecule has 9 nitrogen and oxygen atoms in total. The first-order valence-electron chi connectivity index (χ1n) is 22.0. The Kier molecular flexibility index (Phi) is 8.90. The molecule has 2 aliphatic heterocycles. The lowest BCUT2D eigenvalue weighted by atomic mass is 9.30. The first-order chi connectivity index (χ1) is 25.5. The highest BCUT2D eigenvalue weighted by Gasteiger charge is 2.85. The number of allylic oxidation sites excluding steroid dienone is 1. The number of nitrogens with one attached hydrogen (secondary N) is 1. The molecular weight excluding hydrogens is 689 g/mol. The van der Waals surface area contributed by atoms with Crippen LogP contribution < -0.4 is 11.1 Å². The molecule has 6 aliphatic carbocycles. The molecule has 0 bridgehead atoms. The average Bonchev–Trinajstić information content (AvgIpc) is 3.46. The number of hydrogen-bond acceptors (Lipinski definition) is 7. The van der Waals surface area contributed by atoms with Crippen molar-refractivity contribution in [1.82, 2.24) is 10.2 Å². The van der Waals surface area contributed by atoms with Gasteiger partial charge in [-0.15, -0.1) is 0 Å². The van der Waals surface area contributed by atoms with Crippen molar-refractivity contribution in [1.29, 1.82) is 0 Å². The largest absolute Gasteiger partial charge is 0.481 e. The summed E-state index contributed by atoms with van der Waals surface area (Å²) in [5.74, 6) is 0.449. The number of amides is 1. The quantitative estimate of drug-likeness (QED) is 0.162. The Balaban J connectivity index is 1.05. The normalized spacial score (nSPS) is 48.1. The molecule has 6 saturated carbocycles. The molecule has 0 aromatic heterocycles. The van der Waals surface area contributed by atoms with E-state index in [1.165, 1.54) is 37.2 Å². The molecule has 1 amide bonds. The third-order valence-electron chi connectivity index (χ3n) is 19.5. The van der Waals surface area contributed by atoms with Gasteiger partial charge in [0, 0.05) is 46.1 Å². The highest BCUT2D eigenvalue weighted by molar-refractivity contribution is 6.09. The predicted octanol–water partition coefficient (Wildman–Crippen LogP) is 7.70. The highest BCUT2D eigenvalue weighted by Crippen LogP contribution is 2.82. The van der Waals surface area contributed by atoms with E-state index in [1.54, 1.807) is 13.8 Å². The molecule has 306 valence electrons. The van der Waals surface area contributed by atoms with Gasteiger partial charge >= 0.3 is 11.9 Å². The average molecular weight is 761 g/mol. The summed E-state index contributed by atoms with van der Waals surface area (Å²) in [4.78, 5) is 48.3. The molecule has 13 atom stereocenters. The van der Waals surface area contributed by atoms with Gasteiger partial charge in [-0.3, -0.25) is 19.4 Å². The second kappa shape index (κ2) is 12.4. The van der Waals surface area contributed by atoms with Crippen LogP contribution in [0.2, 0.25) is 0 Å². The number of aliphatic imine (C=N–C) groups is 1. The number of carbonyl (C=O) groups excluding carboxylic acids is 2. The fraction of sp³-hybridized carbons (Fsp3) is 0.870. The number of likely N-dealkylation sites (tertiary alicyclic amines) is 1. The summed E-state index contributed by atoms with van der Waals surface area (Å²) >= 11 is 0. The van der Waals surface area contributed by atoms with Crippen molar-refractivity contribution in [3.05, 3.63) is 12.2 Å². The van der Waals surface area contributed by atoms with E-state index in [0.717, 1.165) is 64.2 Å². The Morgan fingerprint density at radius 3 is 2.35 bits per heavy atom. The van der Waals surface area contributed by atoms with Crippen molar-refractivity contribution in [2.24, 2.45) is 66.9 Å². The van der Waals surface area contributed by atoms with Gasteiger partial charge in [0.05, 0.1) is 17.3 Å². The Labute approximate surface area is 330 Å². The molecular formula is C46H72N4O5. The summed E-state index contributed by atoms with van der Waals surface area (Å²) in [6.07, 6.45) is 12.2. The van der Waals surface area contributed by atoms with Crippen molar-refractivity contribution in [2.45, 2.75) is 181 Å². The van der Waals surface area contributed by atoms with E-state index in [0.29, 0.717) is 36.1 Å². The lowest BCUT2D eigenvalue weighted by Crippen LogP contribution is -2.81. The van der Waals surface area contributed by atoms with Crippen molar-refractivity contribution in [3.8, 4) is 0 Å². The van der Waals surface area contributed by atoms with Gasteiger partial charge < -0.3 is 25.8 Å². The minimum Gasteiger partial charge on any atom is -0.481 e. The minimum atomic E-state index is -1.20. The van der Waals surface area contributed by atoms with E-state index in [2.05, 4.69) is 65.3 Å². The number of nitrogens with two attached hydrogens (primary N) is 1. The molecule has 1 spiro atoms. The first kappa shape index (κ1) is 39.6. The van der Waals surface area contributed by atoms with Crippen LogP contribution in [0.4, 0.5) is 0 Å². The second-order valence-corrected chi connectivity index (χ2v) is 22.4. The fourth-order valence-electron chi connectivity index (χ4n) is 15.4. The van der Waals surface area contributed by atoms with Crippen molar-refractivity contribution >= 4 is 23.6 Å². The standard InChI is InChI=1S/C46H72N4O5/c1-27(2)31-13-17-44(37(52)48-30-12-11-29(23-30)26-50-22-15-28(50)3)20-18-41(8)32(36(31)44)24-33-46(49-33)42(41,9)19-21-45(47)40(6,7)34(14-16-43(45,46)10)55-35(51)25-39(4,5)38(53)54/h28-32,34,36H,1,11-26,47H2,2-10H3,(H,48,52)(H,53,54). The molecule has 4 N–H and O–H groups in total. The number of fused-ring (bicyclic) bond motifs is 5. The molecule has 8 rings (SSSR count). The zero-order valence-corrected chi connectivity index (χ0v) is 35.6. The van der Waals surface area contributed by atoms with Crippen molar-refractivity contribution < 1.29 is 24.2 Å². The number of carbonyl (C=O) groups is 3. The van der Waals surface area contributed by atoms with E-state index < -0.39 is 34.4 Å². The van der Waals surface area contributed by atoms with Gasteiger partial charge in [0.15, 0.2) is 0 Å². The Bertz CT molecular complexity index is 1710. The lowest BCUT2D eigenvalue weighted by molar-refractivity contribution is -0.226. The third kappa shape index (κ3) is 5.08. The molecule has 55 heavy (non-hydrogen) atoms. The maximum Gasteiger partial charge on any atom is 0.309 e. The van der Waals surface area contributed by atoms with Crippen LogP contribution in [0.25, 0.3) is 0 Å². The topological polar surface area (TPSA) is 134 Å². The van der Waals surface area contributed by atoms with E-state index in [1.807, 2.05) is 0 Å². The summed E-state index contributed by atoms with van der Waals surface area (Å²) in [5, 5.41) is 13.4. The summed E-state index contributed by atoms with van der Waals surface area (Å²) in [5.41, 5.74) is 6.73. The maximum atomic E-state index is 14.9. The lowest BCUT2D eigenvalue weighted by Gasteiger charge is -2.74. The molecule has 0 radical (unpaired) electrons. The van der Waals surface area contributed by atoms with Crippen LogP contribution in [0.3, 0.4) is 0 Å². The SMILES string of the molecule is C=C(C)C1CCC2(C(=O)NC3CCC(CN4CCC4C)C3)CCC3(C)C(CC4=NC45C3(C)CCC3(N)C(C)(C)C(OC(=O)CC(C)(C)C(=O)O)CCC35C)C12. The van der Waals surface area contributed by atoms with Gasteiger partial charge in [-0.25, -0.2) is 0 Å². The third-order valence-corrected chi connectivity index (χ3v) is 19.5. The summed E-state index contributed by atoms with van der Waals surface area (Å²) in [7, 11) is 0. The van der Waals surface area contributed by atoms with Crippen LogP contribution in [0.5, 0.6) is 0 Å². The summed E-state index contributed by atoms with van der Waals surface area (Å²) in [6.45, 7) is 26.5. The zero-order chi connectivity index (χ0) is 39.9. The van der Waals surface area contributed by atoms with Gasteiger partial charge in [-0.2, -0.15) is 0 Å². The van der Waals surface area contributed by atoms with Crippen LogP contribution in [0.1, 0.15) is 152 Å². The molecule has 1 saturated heterocycles. The van der Waals surface area contributed by atoms with Gasteiger partial charge in [0.25, 0.3) is 0 Å². The first-order valence-corrected chi connectivity index (χ1v) is 22.0. The zero-order valence-electron chi connectivity index (χ0n) is 35.6. The number of aliphatic carboxylic acids is 1. The van der Waals surface area contributed by atoms with E-state index in [4.69, 9.17) is 15.5 Å². The Morgan fingerprint density at radius 2 is 1.71 bits per heavy atom. The summed E-state index contributed by atoms with van der Waals surface area (Å²) in [6, 6.07) is 0.987. The number of carboxylic acids is 1. The number of esters is 1. The highest BCUT2D eigenvalue weighted by atomic mass is 16.5. The van der Waals surface area contributed by atoms with Crippen LogP contribution >= 0.6 is 0 Å². The summed E-state index contributed by atoms with van der Waals surface area (Å²) < 4.78 is 6.19. The van der Waals surface area contributed by atoms with Crippen LogP contribution in [-0.4, -0.2) is 75.9 Å². The molecule has 2 heterocycles. The van der Waals surface area contributed by atoms with Gasteiger partial charge in [-0.1, -0.05) is 46.8 Å². The minimum absolute atomic E-state index is 0.0322. The molecule has 7 fully saturated rings.